The number of nitrogens with zero attached hydrogens (tertiary/aromatic N) is 3. The molecular weight excluding hydrogens is 542 g/mol. The van der Waals surface area contributed by atoms with E-state index in [1.54, 1.807) is 0 Å². The number of carbonyl (C=O) groups excluding carboxylic acids is 2. The molecule has 0 aromatic heterocycles. The lowest BCUT2D eigenvalue weighted by Gasteiger charge is -2.40. The van der Waals surface area contributed by atoms with Crippen LogP contribution in [0.25, 0.3) is 0 Å². The quantitative estimate of drug-likeness (QED) is 0.201. The molecule has 4 aromatic carbocycles. The molecule has 1 aliphatic rings. The SMILES string of the molecule is CC(C)(C)c1ccc(C(=O)N(CCC(=O)N2CCN(C(c3ccccc3)c3ccccc3)CC2)CCc2ccccc2)cc1. The van der Waals surface area contributed by atoms with E-state index in [0.29, 0.717) is 38.2 Å². The Morgan fingerprint density at radius 2 is 1.20 bits per heavy atom. The van der Waals surface area contributed by atoms with Crippen molar-refractivity contribution in [2.75, 3.05) is 39.3 Å². The summed E-state index contributed by atoms with van der Waals surface area (Å²) in [6, 6.07) is 39.6. The van der Waals surface area contributed by atoms with E-state index in [9.17, 15) is 9.59 Å². The number of piperazine rings is 1. The molecule has 0 atom stereocenters. The Bertz CT molecular complexity index is 1430. The molecule has 1 saturated heterocycles. The zero-order valence-electron chi connectivity index (χ0n) is 26.4. The number of benzene rings is 4. The van der Waals surface area contributed by atoms with Crippen LogP contribution in [0, 0.1) is 0 Å². The second kappa shape index (κ2) is 14.5. The molecule has 44 heavy (non-hydrogen) atoms. The van der Waals surface area contributed by atoms with Crippen molar-refractivity contribution in [2.45, 2.75) is 45.1 Å². The Balaban J connectivity index is 1.22. The lowest BCUT2D eigenvalue weighted by atomic mass is 9.86. The fourth-order valence-corrected chi connectivity index (χ4v) is 6.02. The third kappa shape index (κ3) is 8.03. The first-order valence-electron chi connectivity index (χ1n) is 15.8. The van der Waals surface area contributed by atoms with Crippen LogP contribution in [-0.2, 0) is 16.6 Å². The highest BCUT2D eigenvalue weighted by Crippen LogP contribution is 2.29. The highest BCUT2D eigenvalue weighted by atomic mass is 16.2. The van der Waals surface area contributed by atoms with Crippen molar-refractivity contribution >= 4 is 11.8 Å². The van der Waals surface area contributed by atoms with Crippen LogP contribution in [0.15, 0.2) is 115 Å². The summed E-state index contributed by atoms with van der Waals surface area (Å²) in [5, 5.41) is 0. The average Bonchev–Trinajstić information content (AvgIpc) is 3.06. The molecule has 0 bridgehead atoms. The predicted molar refractivity (Wildman–Crippen MR) is 179 cm³/mol. The minimum Gasteiger partial charge on any atom is -0.340 e. The summed E-state index contributed by atoms with van der Waals surface area (Å²) in [5.74, 6) is 0.0915. The van der Waals surface area contributed by atoms with Crippen molar-refractivity contribution in [2.24, 2.45) is 0 Å². The van der Waals surface area contributed by atoms with Crippen LogP contribution in [0.1, 0.15) is 65.8 Å². The molecular formula is C39H45N3O2. The molecule has 1 aliphatic heterocycles. The van der Waals surface area contributed by atoms with E-state index < -0.39 is 0 Å². The molecule has 1 heterocycles. The number of hydrogen-bond acceptors (Lipinski definition) is 3. The van der Waals surface area contributed by atoms with Gasteiger partial charge in [0.25, 0.3) is 5.91 Å². The molecule has 228 valence electrons. The molecule has 0 aliphatic carbocycles. The van der Waals surface area contributed by atoms with E-state index >= 15 is 0 Å². The third-order valence-electron chi connectivity index (χ3n) is 8.66. The molecule has 0 N–H and O–H groups in total. The number of hydrogen-bond donors (Lipinski definition) is 0. The predicted octanol–water partition coefficient (Wildman–Crippen LogP) is 6.99. The van der Waals surface area contributed by atoms with Crippen molar-refractivity contribution < 1.29 is 9.59 Å². The molecule has 0 unspecified atom stereocenters. The van der Waals surface area contributed by atoms with Crippen molar-refractivity contribution in [3.63, 3.8) is 0 Å². The maximum Gasteiger partial charge on any atom is 0.253 e. The average molecular weight is 588 g/mol. The van der Waals surface area contributed by atoms with E-state index in [0.717, 1.165) is 19.5 Å². The van der Waals surface area contributed by atoms with Gasteiger partial charge in [-0.15, -0.1) is 0 Å². The molecule has 4 aromatic rings. The second-order valence-electron chi connectivity index (χ2n) is 12.7. The summed E-state index contributed by atoms with van der Waals surface area (Å²) in [6.07, 6.45) is 1.07. The van der Waals surface area contributed by atoms with E-state index in [2.05, 4.69) is 98.5 Å². The first-order valence-corrected chi connectivity index (χ1v) is 15.8. The van der Waals surface area contributed by atoms with Crippen LogP contribution in [0.3, 0.4) is 0 Å². The number of amides is 2. The monoisotopic (exact) mass is 587 g/mol. The lowest BCUT2D eigenvalue weighted by molar-refractivity contribution is -0.133. The van der Waals surface area contributed by atoms with Gasteiger partial charge in [-0.05, 0) is 46.2 Å². The van der Waals surface area contributed by atoms with Gasteiger partial charge < -0.3 is 9.80 Å². The Kier molecular flexibility index (Phi) is 10.3. The fraction of sp³-hybridized carbons (Fsp3) is 0.333. The summed E-state index contributed by atoms with van der Waals surface area (Å²) in [4.78, 5) is 33.5. The molecule has 5 nitrogen and oxygen atoms in total. The molecule has 0 radical (unpaired) electrons. The second-order valence-corrected chi connectivity index (χ2v) is 12.7. The van der Waals surface area contributed by atoms with Gasteiger partial charge in [0, 0.05) is 51.3 Å². The van der Waals surface area contributed by atoms with Crippen LogP contribution in [-0.4, -0.2) is 65.8 Å². The molecule has 5 rings (SSSR count). The zero-order chi connectivity index (χ0) is 30.9. The highest BCUT2D eigenvalue weighted by molar-refractivity contribution is 5.94. The van der Waals surface area contributed by atoms with Crippen LogP contribution in [0.5, 0.6) is 0 Å². The Labute approximate surface area is 263 Å². The largest absolute Gasteiger partial charge is 0.340 e. The molecule has 1 fully saturated rings. The van der Waals surface area contributed by atoms with Gasteiger partial charge >= 0.3 is 0 Å². The topological polar surface area (TPSA) is 43.9 Å². The summed E-state index contributed by atoms with van der Waals surface area (Å²) in [5.41, 5.74) is 5.60. The summed E-state index contributed by atoms with van der Waals surface area (Å²) >= 11 is 0. The summed E-state index contributed by atoms with van der Waals surface area (Å²) in [6.45, 7) is 10.5. The minimum atomic E-state index is -0.0208. The first-order chi connectivity index (χ1) is 21.3. The van der Waals surface area contributed by atoms with Gasteiger partial charge in [0.2, 0.25) is 5.91 Å². The smallest absolute Gasteiger partial charge is 0.253 e. The van der Waals surface area contributed by atoms with Crippen molar-refractivity contribution in [3.8, 4) is 0 Å². The van der Waals surface area contributed by atoms with Crippen molar-refractivity contribution in [1.29, 1.82) is 0 Å². The first kappa shape index (κ1) is 31.2. The Morgan fingerprint density at radius 1 is 0.682 bits per heavy atom. The number of rotatable bonds is 10. The highest BCUT2D eigenvalue weighted by Gasteiger charge is 2.28. The maximum absolute atomic E-state index is 13.7. The Morgan fingerprint density at radius 3 is 1.73 bits per heavy atom. The standard InChI is InChI=1S/C39H45N3O2/c1-39(2,3)35-21-19-34(20-22-35)38(44)42(25-23-31-13-7-4-8-14-31)26-24-36(43)40-27-29-41(30-28-40)37(32-15-9-5-10-16-32)33-17-11-6-12-18-33/h4-22,37H,23-30H2,1-3H3. The van der Waals surface area contributed by atoms with Gasteiger partial charge in [0.05, 0.1) is 6.04 Å². The van der Waals surface area contributed by atoms with E-state index in [1.807, 2.05) is 52.3 Å². The van der Waals surface area contributed by atoms with Crippen LogP contribution >= 0.6 is 0 Å². The minimum absolute atomic E-state index is 0.0208. The molecule has 5 heteroatoms. The van der Waals surface area contributed by atoms with Gasteiger partial charge in [0.15, 0.2) is 0 Å². The van der Waals surface area contributed by atoms with Crippen molar-refractivity contribution in [1.82, 2.24) is 14.7 Å². The molecule has 0 spiro atoms. The zero-order valence-corrected chi connectivity index (χ0v) is 26.4. The van der Waals surface area contributed by atoms with Crippen LogP contribution in [0.2, 0.25) is 0 Å². The Hall–Kier alpha value is -4.22. The van der Waals surface area contributed by atoms with E-state index in [1.165, 1.54) is 22.3 Å². The van der Waals surface area contributed by atoms with Gasteiger partial charge in [-0.1, -0.05) is 124 Å². The number of carbonyl (C=O) groups is 2. The summed E-state index contributed by atoms with van der Waals surface area (Å²) < 4.78 is 0. The molecule has 2 amide bonds. The van der Waals surface area contributed by atoms with Crippen molar-refractivity contribution in [3.05, 3.63) is 143 Å². The normalized spacial score (nSPS) is 14.0. The fourth-order valence-electron chi connectivity index (χ4n) is 6.02. The maximum atomic E-state index is 13.7. The van der Waals surface area contributed by atoms with E-state index in [-0.39, 0.29) is 23.3 Å². The van der Waals surface area contributed by atoms with Gasteiger partial charge in [-0.25, -0.2) is 0 Å². The third-order valence-corrected chi connectivity index (χ3v) is 8.66. The van der Waals surface area contributed by atoms with Gasteiger partial charge in [-0.3, -0.25) is 14.5 Å². The molecule has 0 saturated carbocycles. The summed E-state index contributed by atoms with van der Waals surface area (Å²) in [7, 11) is 0. The lowest BCUT2D eigenvalue weighted by Crippen LogP contribution is -2.50. The van der Waals surface area contributed by atoms with Crippen LogP contribution < -0.4 is 0 Å². The van der Waals surface area contributed by atoms with Gasteiger partial charge in [-0.2, -0.15) is 0 Å². The van der Waals surface area contributed by atoms with Crippen LogP contribution in [0.4, 0.5) is 0 Å². The van der Waals surface area contributed by atoms with Gasteiger partial charge in [0.1, 0.15) is 0 Å². The van der Waals surface area contributed by atoms with E-state index in [4.69, 9.17) is 0 Å².